The third kappa shape index (κ3) is 1.82. The zero-order valence-electron chi connectivity index (χ0n) is 6.84. The maximum atomic E-state index is 10.6. The molecule has 0 aromatic carbocycles. The number of carboxylic acids is 1. The van der Waals surface area contributed by atoms with Crippen LogP contribution in [0.2, 0.25) is 0 Å². The standard InChI is InChI=1S/C9H14O2/c1-2-4-7-5-3-6-8(7)9(10)11/h6-7H,2-5H2,1H3,(H,10,11). The molecular formula is C9H14O2. The molecule has 0 saturated heterocycles. The minimum Gasteiger partial charge on any atom is -0.478 e. The summed E-state index contributed by atoms with van der Waals surface area (Å²) >= 11 is 0. The number of aliphatic carboxylic acids is 1. The van der Waals surface area contributed by atoms with Crippen LogP contribution in [0.5, 0.6) is 0 Å². The van der Waals surface area contributed by atoms with Crippen LogP contribution >= 0.6 is 0 Å². The molecule has 0 aliphatic heterocycles. The first-order valence-electron chi connectivity index (χ1n) is 4.19. The van der Waals surface area contributed by atoms with Gasteiger partial charge in [0, 0.05) is 5.57 Å². The van der Waals surface area contributed by atoms with Crippen LogP contribution in [0.3, 0.4) is 0 Å². The van der Waals surface area contributed by atoms with Crippen molar-refractivity contribution in [3.63, 3.8) is 0 Å². The molecule has 0 spiro atoms. The van der Waals surface area contributed by atoms with Crippen LogP contribution in [0, 0.1) is 5.92 Å². The smallest absolute Gasteiger partial charge is 0.331 e. The molecule has 0 aromatic heterocycles. The second-order valence-electron chi connectivity index (χ2n) is 3.03. The first kappa shape index (κ1) is 8.31. The number of carbonyl (C=O) groups is 1. The predicted octanol–water partition coefficient (Wildman–Crippen LogP) is 2.21. The van der Waals surface area contributed by atoms with Crippen LogP contribution in [0.1, 0.15) is 32.6 Å². The molecule has 0 saturated carbocycles. The molecule has 11 heavy (non-hydrogen) atoms. The van der Waals surface area contributed by atoms with Gasteiger partial charge in [-0.15, -0.1) is 0 Å². The van der Waals surface area contributed by atoms with Crippen molar-refractivity contribution < 1.29 is 9.90 Å². The molecule has 1 atom stereocenters. The molecule has 0 radical (unpaired) electrons. The van der Waals surface area contributed by atoms with E-state index in [0.717, 1.165) is 25.7 Å². The van der Waals surface area contributed by atoms with E-state index < -0.39 is 5.97 Å². The first-order valence-corrected chi connectivity index (χ1v) is 4.19. The SMILES string of the molecule is CCCC1CCC=C1C(=O)O. The summed E-state index contributed by atoms with van der Waals surface area (Å²) in [6.07, 6.45) is 5.96. The second-order valence-corrected chi connectivity index (χ2v) is 3.03. The van der Waals surface area contributed by atoms with E-state index in [0.29, 0.717) is 11.5 Å². The molecule has 1 aliphatic carbocycles. The van der Waals surface area contributed by atoms with Crippen LogP contribution in [-0.2, 0) is 4.79 Å². The zero-order chi connectivity index (χ0) is 8.27. The van der Waals surface area contributed by atoms with Gasteiger partial charge < -0.3 is 5.11 Å². The van der Waals surface area contributed by atoms with Gasteiger partial charge in [0.15, 0.2) is 0 Å². The van der Waals surface area contributed by atoms with Gasteiger partial charge in [-0.25, -0.2) is 4.79 Å². The predicted molar refractivity (Wildman–Crippen MR) is 43.4 cm³/mol. The monoisotopic (exact) mass is 154 g/mol. The average molecular weight is 154 g/mol. The summed E-state index contributed by atoms with van der Waals surface area (Å²) in [5, 5.41) is 8.74. The molecule has 0 heterocycles. The minimum atomic E-state index is -0.721. The van der Waals surface area contributed by atoms with Crippen molar-refractivity contribution >= 4 is 5.97 Å². The average Bonchev–Trinajstić information content (AvgIpc) is 2.36. The molecule has 1 rings (SSSR count). The fourth-order valence-corrected chi connectivity index (χ4v) is 1.67. The van der Waals surface area contributed by atoms with Gasteiger partial charge in [-0.05, 0) is 25.2 Å². The maximum absolute atomic E-state index is 10.6. The Kier molecular flexibility index (Phi) is 2.69. The number of carboxylic acid groups (broad SMARTS) is 1. The Labute approximate surface area is 66.9 Å². The second kappa shape index (κ2) is 3.56. The summed E-state index contributed by atoms with van der Waals surface area (Å²) in [6, 6.07) is 0. The summed E-state index contributed by atoms with van der Waals surface area (Å²) in [4.78, 5) is 10.6. The molecule has 0 amide bonds. The molecular weight excluding hydrogens is 140 g/mol. The van der Waals surface area contributed by atoms with Gasteiger partial charge >= 0.3 is 5.97 Å². The van der Waals surface area contributed by atoms with Crippen molar-refractivity contribution in [3.05, 3.63) is 11.6 Å². The lowest BCUT2D eigenvalue weighted by Gasteiger charge is -2.08. The molecule has 62 valence electrons. The molecule has 1 N–H and O–H groups in total. The first-order chi connectivity index (χ1) is 5.25. The van der Waals surface area contributed by atoms with Crippen molar-refractivity contribution in [3.8, 4) is 0 Å². The molecule has 1 unspecified atom stereocenters. The maximum Gasteiger partial charge on any atom is 0.331 e. The van der Waals surface area contributed by atoms with Crippen molar-refractivity contribution in [2.75, 3.05) is 0 Å². The molecule has 0 bridgehead atoms. The fraction of sp³-hybridized carbons (Fsp3) is 0.667. The van der Waals surface area contributed by atoms with E-state index in [1.165, 1.54) is 0 Å². The lowest BCUT2D eigenvalue weighted by atomic mass is 9.96. The Bertz CT molecular complexity index is 182. The van der Waals surface area contributed by atoms with Crippen LogP contribution in [-0.4, -0.2) is 11.1 Å². The van der Waals surface area contributed by atoms with Gasteiger partial charge in [-0.3, -0.25) is 0 Å². The quantitative estimate of drug-likeness (QED) is 0.676. The fourth-order valence-electron chi connectivity index (χ4n) is 1.67. The van der Waals surface area contributed by atoms with E-state index in [1.54, 1.807) is 0 Å². The van der Waals surface area contributed by atoms with Crippen LogP contribution in [0.4, 0.5) is 0 Å². The van der Waals surface area contributed by atoms with E-state index in [1.807, 2.05) is 6.08 Å². The largest absolute Gasteiger partial charge is 0.478 e. The highest BCUT2D eigenvalue weighted by molar-refractivity contribution is 5.87. The Balaban J connectivity index is 2.55. The highest BCUT2D eigenvalue weighted by Gasteiger charge is 2.22. The lowest BCUT2D eigenvalue weighted by Crippen LogP contribution is -2.08. The van der Waals surface area contributed by atoms with E-state index >= 15 is 0 Å². The summed E-state index contributed by atoms with van der Waals surface area (Å²) in [6.45, 7) is 2.10. The van der Waals surface area contributed by atoms with Crippen molar-refractivity contribution in [1.29, 1.82) is 0 Å². The van der Waals surface area contributed by atoms with Crippen LogP contribution in [0.15, 0.2) is 11.6 Å². The highest BCUT2D eigenvalue weighted by atomic mass is 16.4. The van der Waals surface area contributed by atoms with Gasteiger partial charge in [-0.1, -0.05) is 19.4 Å². The Hall–Kier alpha value is -0.790. The highest BCUT2D eigenvalue weighted by Crippen LogP contribution is 2.29. The Morgan fingerprint density at radius 3 is 3.09 bits per heavy atom. The van der Waals surface area contributed by atoms with Crippen molar-refractivity contribution in [1.82, 2.24) is 0 Å². The van der Waals surface area contributed by atoms with Gasteiger partial charge in [0.25, 0.3) is 0 Å². The van der Waals surface area contributed by atoms with Crippen LogP contribution in [0.25, 0.3) is 0 Å². The zero-order valence-corrected chi connectivity index (χ0v) is 6.84. The summed E-state index contributed by atoms with van der Waals surface area (Å²) in [7, 11) is 0. The molecule has 0 aromatic rings. The third-order valence-electron chi connectivity index (χ3n) is 2.20. The number of hydrogen-bond donors (Lipinski definition) is 1. The van der Waals surface area contributed by atoms with Crippen molar-refractivity contribution in [2.24, 2.45) is 5.92 Å². The van der Waals surface area contributed by atoms with E-state index in [-0.39, 0.29) is 0 Å². The van der Waals surface area contributed by atoms with Gasteiger partial charge in [0.1, 0.15) is 0 Å². The summed E-state index contributed by atoms with van der Waals surface area (Å²) < 4.78 is 0. The van der Waals surface area contributed by atoms with Gasteiger partial charge in [-0.2, -0.15) is 0 Å². The molecule has 0 fully saturated rings. The summed E-state index contributed by atoms with van der Waals surface area (Å²) in [5.41, 5.74) is 0.645. The minimum absolute atomic E-state index is 0.331. The summed E-state index contributed by atoms with van der Waals surface area (Å²) in [5.74, 6) is -0.390. The molecule has 2 heteroatoms. The third-order valence-corrected chi connectivity index (χ3v) is 2.20. The normalized spacial score (nSPS) is 23.4. The van der Waals surface area contributed by atoms with Gasteiger partial charge in [0.05, 0.1) is 0 Å². The van der Waals surface area contributed by atoms with E-state index in [2.05, 4.69) is 6.92 Å². The van der Waals surface area contributed by atoms with E-state index in [9.17, 15) is 4.79 Å². The van der Waals surface area contributed by atoms with Crippen LogP contribution < -0.4 is 0 Å². The Morgan fingerprint density at radius 1 is 1.82 bits per heavy atom. The molecule has 2 nitrogen and oxygen atoms in total. The van der Waals surface area contributed by atoms with Gasteiger partial charge in [0.2, 0.25) is 0 Å². The number of allylic oxidation sites excluding steroid dienone is 1. The molecule has 1 aliphatic rings. The Morgan fingerprint density at radius 2 is 2.55 bits per heavy atom. The number of hydrogen-bond acceptors (Lipinski definition) is 1. The van der Waals surface area contributed by atoms with E-state index in [4.69, 9.17) is 5.11 Å². The van der Waals surface area contributed by atoms with Crippen molar-refractivity contribution in [2.45, 2.75) is 32.6 Å². The topological polar surface area (TPSA) is 37.3 Å². The number of rotatable bonds is 3. The lowest BCUT2D eigenvalue weighted by molar-refractivity contribution is -0.133.